The van der Waals surface area contributed by atoms with Crippen molar-refractivity contribution in [3.05, 3.63) is 34.4 Å². The van der Waals surface area contributed by atoms with E-state index in [4.69, 9.17) is 0 Å². The molecular formula is C12H12N4OS. The zero-order valence-corrected chi connectivity index (χ0v) is 11.0. The van der Waals surface area contributed by atoms with Crippen LogP contribution in [0.2, 0.25) is 0 Å². The second kappa shape index (κ2) is 4.13. The van der Waals surface area contributed by atoms with Crippen molar-refractivity contribution in [1.29, 1.82) is 0 Å². The summed E-state index contributed by atoms with van der Waals surface area (Å²) in [7, 11) is 0. The van der Waals surface area contributed by atoms with Gasteiger partial charge in [-0.15, -0.1) is 11.3 Å². The van der Waals surface area contributed by atoms with E-state index in [1.54, 1.807) is 5.38 Å². The first-order valence-electron chi connectivity index (χ1n) is 5.66. The molecule has 0 atom stereocenters. The van der Waals surface area contributed by atoms with E-state index in [0.29, 0.717) is 5.69 Å². The lowest BCUT2D eigenvalue weighted by molar-refractivity contribution is 0.101. The van der Waals surface area contributed by atoms with E-state index in [0.717, 1.165) is 35.3 Å². The van der Waals surface area contributed by atoms with Crippen LogP contribution in [0.4, 0.5) is 5.13 Å². The predicted molar refractivity (Wildman–Crippen MR) is 68.8 cm³/mol. The van der Waals surface area contributed by atoms with Crippen LogP contribution < -0.4 is 4.90 Å². The maximum absolute atomic E-state index is 11.2. The molecule has 1 aliphatic heterocycles. The molecule has 3 rings (SSSR count). The third kappa shape index (κ3) is 1.88. The summed E-state index contributed by atoms with van der Waals surface area (Å²) in [4.78, 5) is 26.3. The smallest absolute Gasteiger partial charge is 0.186 e. The number of thiazole rings is 1. The zero-order valence-electron chi connectivity index (χ0n) is 10.2. The molecule has 0 bridgehead atoms. The van der Waals surface area contributed by atoms with Gasteiger partial charge in [-0.3, -0.25) is 4.79 Å². The van der Waals surface area contributed by atoms with Gasteiger partial charge in [-0.2, -0.15) is 0 Å². The molecule has 0 saturated carbocycles. The molecule has 0 spiro atoms. The number of hydrogen-bond acceptors (Lipinski definition) is 6. The highest BCUT2D eigenvalue weighted by molar-refractivity contribution is 7.13. The summed E-state index contributed by atoms with van der Waals surface area (Å²) in [6.07, 6.45) is 1.87. The molecule has 0 saturated heterocycles. The minimum atomic E-state index is 0.00449. The first-order chi connectivity index (χ1) is 8.63. The van der Waals surface area contributed by atoms with Crippen molar-refractivity contribution in [3.63, 3.8) is 0 Å². The minimum Gasteiger partial charge on any atom is -0.338 e. The maximum Gasteiger partial charge on any atom is 0.186 e. The maximum atomic E-state index is 11.2. The fourth-order valence-electron chi connectivity index (χ4n) is 1.96. The number of aromatic nitrogens is 3. The second-order valence-electron chi connectivity index (χ2n) is 4.32. The number of ketones is 1. The Hall–Kier alpha value is -1.82. The lowest BCUT2D eigenvalue weighted by Gasteiger charge is -2.12. The molecule has 1 aliphatic rings. The van der Waals surface area contributed by atoms with Crippen LogP contribution in [-0.2, 0) is 13.1 Å². The van der Waals surface area contributed by atoms with Gasteiger partial charge in [0.2, 0.25) is 0 Å². The highest BCUT2D eigenvalue weighted by Crippen LogP contribution is 2.29. The minimum absolute atomic E-state index is 0.00449. The highest BCUT2D eigenvalue weighted by atomic mass is 32.1. The molecule has 0 aromatic carbocycles. The van der Waals surface area contributed by atoms with Crippen LogP contribution in [0, 0.1) is 6.92 Å². The first-order valence-corrected chi connectivity index (χ1v) is 6.54. The summed E-state index contributed by atoms with van der Waals surface area (Å²) in [6, 6.07) is 0. The predicted octanol–water partition coefficient (Wildman–Crippen LogP) is 1.96. The topological polar surface area (TPSA) is 59.0 Å². The van der Waals surface area contributed by atoms with E-state index < -0.39 is 0 Å². The SMILES string of the molecule is CC(=O)c1csc(N2Cc3cnc(C)nc3C2)n1. The van der Waals surface area contributed by atoms with E-state index in [1.165, 1.54) is 18.3 Å². The van der Waals surface area contributed by atoms with Crippen molar-refractivity contribution in [2.24, 2.45) is 0 Å². The normalized spacial score (nSPS) is 13.8. The summed E-state index contributed by atoms with van der Waals surface area (Å²) >= 11 is 1.50. The number of carbonyl (C=O) groups excluding carboxylic acids is 1. The lowest BCUT2D eigenvalue weighted by atomic mass is 10.3. The van der Waals surface area contributed by atoms with Gasteiger partial charge < -0.3 is 4.90 Å². The quantitative estimate of drug-likeness (QED) is 0.773. The number of rotatable bonds is 2. The van der Waals surface area contributed by atoms with Gasteiger partial charge in [-0.25, -0.2) is 15.0 Å². The van der Waals surface area contributed by atoms with Gasteiger partial charge in [-0.1, -0.05) is 0 Å². The standard InChI is InChI=1S/C12H12N4OS/c1-7(17)11-6-18-12(15-11)16-4-9-3-13-8(2)14-10(9)5-16/h3,6H,4-5H2,1-2H3. The summed E-state index contributed by atoms with van der Waals surface area (Å²) in [6.45, 7) is 4.93. The van der Waals surface area contributed by atoms with Crippen molar-refractivity contribution in [2.45, 2.75) is 26.9 Å². The Morgan fingerprint density at radius 2 is 2.22 bits per heavy atom. The molecule has 18 heavy (non-hydrogen) atoms. The number of nitrogens with zero attached hydrogens (tertiary/aromatic N) is 4. The summed E-state index contributed by atoms with van der Waals surface area (Å²) in [5.41, 5.74) is 2.73. The molecule has 0 radical (unpaired) electrons. The molecule has 5 nitrogen and oxygen atoms in total. The van der Waals surface area contributed by atoms with Crippen molar-refractivity contribution < 1.29 is 4.79 Å². The van der Waals surface area contributed by atoms with E-state index >= 15 is 0 Å². The fourth-order valence-corrected chi connectivity index (χ4v) is 2.82. The van der Waals surface area contributed by atoms with Gasteiger partial charge in [-0.05, 0) is 6.92 Å². The number of carbonyl (C=O) groups is 1. The van der Waals surface area contributed by atoms with Crippen LogP contribution in [0.5, 0.6) is 0 Å². The van der Waals surface area contributed by atoms with E-state index in [9.17, 15) is 4.79 Å². The summed E-state index contributed by atoms with van der Waals surface area (Å²) in [5.74, 6) is 0.795. The van der Waals surface area contributed by atoms with Crippen molar-refractivity contribution in [3.8, 4) is 0 Å². The molecule has 0 unspecified atom stereocenters. The number of fused-ring (bicyclic) bond motifs is 1. The molecule has 2 aromatic heterocycles. The molecule has 92 valence electrons. The lowest BCUT2D eigenvalue weighted by Crippen LogP contribution is -2.14. The van der Waals surface area contributed by atoms with Crippen LogP contribution in [-0.4, -0.2) is 20.7 Å². The van der Waals surface area contributed by atoms with Crippen molar-refractivity contribution in [2.75, 3.05) is 4.90 Å². The largest absolute Gasteiger partial charge is 0.338 e. The highest BCUT2D eigenvalue weighted by Gasteiger charge is 2.23. The third-order valence-electron chi connectivity index (χ3n) is 2.90. The van der Waals surface area contributed by atoms with Crippen LogP contribution in [0.1, 0.15) is 34.5 Å². The average Bonchev–Trinajstić information content (AvgIpc) is 2.93. The van der Waals surface area contributed by atoms with Crippen molar-refractivity contribution in [1.82, 2.24) is 15.0 Å². The van der Waals surface area contributed by atoms with Gasteiger partial charge in [0.15, 0.2) is 10.9 Å². The monoisotopic (exact) mass is 260 g/mol. The Labute approximate surface area is 109 Å². The zero-order chi connectivity index (χ0) is 12.7. The molecule has 3 heterocycles. The summed E-state index contributed by atoms with van der Waals surface area (Å²) in [5, 5.41) is 2.67. The molecule has 6 heteroatoms. The summed E-state index contributed by atoms with van der Waals surface area (Å²) < 4.78 is 0. The fraction of sp³-hybridized carbons (Fsp3) is 0.333. The number of aryl methyl sites for hydroxylation is 1. The molecule has 0 fully saturated rings. The van der Waals surface area contributed by atoms with Gasteiger partial charge in [0.1, 0.15) is 11.5 Å². The molecule has 2 aromatic rings. The molecule has 0 amide bonds. The Morgan fingerprint density at radius 3 is 2.94 bits per heavy atom. The average molecular weight is 260 g/mol. The molecule has 0 N–H and O–H groups in total. The number of Topliss-reactive ketones (excluding diaryl/α,β-unsaturated/α-hetero) is 1. The van der Waals surface area contributed by atoms with Crippen LogP contribution in [0.15, 0.2) is 11.6 Å². The van der Waals surface area contributed by atoms with Gasteiger partial charge >= 0.3 is 0 Å². The van der Waals surface area contributed by atoms with Crippen LogP contribution in [0.25, 0.3) is 0 Å². The first kappa shape index (κ1) is 11.3. The number of anilines is 1. The van der Waals surface area contributed by atoms with Crippen molar-refractivity contribution >= 4 is 22.3 Å². The Morgan fingerprint density at radius 1 is 1.39 bits per heavy atom. The van der Waals surface area contributed by atoms with E-state index in [1.807, 2.05) is 13.1 Å². The Kier molecular flexibility index (Phi) is 2.59. The van der Waals surface area contributed by atoms with E-state index in [-0.39, 0.29) is 5.78 Å². The molecular weight excluding hydrogens is 248 g/mol. The Balaban J connectivity index is 1.86. The Bertz CT molecular complexity index is 622. The van der Waals surface area contributed by atoms with Gasteiger partial charge in [0.05, 0.1) is 12.2 Å². The molecule has 0 aliphatic carbocycles. The van der Waals surface area contributed by atoms with Crippen LogP contribution in [0.3, 0.4) is 0 Å². The van der Waals surface area contributed by atoms with Crippen LogP contribution >= 0.6 is 11.3 Å². The second-order valence-corrected chi connectivity index (χ2v) is 5.15. The third-order valence-corrected chi connectivity index (χ3v) is 3.80. The number of hydrogen-bond donors (Lipinski definition) is 0. The van der Waals surface area contributed by atoms with Gasteiger partial charge in [0.25, 0.3) is 0 Å². The van der Waals surface area contributed by atoms with E-state index in [2.05, 4.69) is 19.9 Å². The van der Waals surface area contributed by atoms with Gasteiger partial charge in [0, 0.05) is 30.6 Å².